The van der Waals surface area contributed by atoms with Gasteiger partial charge in [0.25, 0.3) is 0 Å². The second-order valence-electron chi connectivity index (χ2n) is 6.02. The maximum atomic E-state index is 12.3. The van der Waals surface area contributed by atoms with Crippen molar-refractivity contribution in [3.8, 4) is 0 Å². The Morgan fingerprint density at radius 1 is 1.44 bits per heavy atom. The number of anilines is 1. The van der Waals surface area contributed by atoms with Gasteiger partial charge in [-0.05, 0) is 19.6 Å². The molecule has 2 aliphatic heterocycles. The van der Waals surface area contributed by atoms with Crippen LogP contribution in [0.3, 0.4) is 0 Å². The minimum Gasteiger partial charge on any atom is -0.462 e. The second-order valence-corrected chi connectivity index (χ2v) is 6.79. The fraction of sp³-hybridized carbons (Fsp3) is 0.625. The number of rotatable bonds is 5. The average molecular weight is 366 g/mol. The van der Waals surface area contributed by atoms with Crippen molar-refractivity contribution in [2.24, 2.45) is 0 Å². The maximum absolute atomic E-state index is 12.3. The summed E-state index contributed by atoms with van der Waals surface area (Å²) in [4.78, 5) is 36.9. The number of piperazine rings is 1. The molecule has 0 radical (unpaired) electrons. The summed E-state index contributed by atoms with van der Waals surface area (Å²) < 4.78 is 10.4. The largest absolute Gasteiger partial charge is 0.462 e. The third-order valence-electron chi connectivity index (χ3n) is 4.72. The third kappa shape index (κ3) is 3.12. The van der Waals surface area contributed by atoms with E-state index in [0.29, 0.717) is 42.8 Å². The molecule has 25 heavy (non-hydrogen) atoms. The Bertz CT molecular complexity index is 686. The average Bonchev–Trinajstić information content (AvgIpc) is 2.98. The van der Waals surface area contributed by atoms with Gasteiger partial charge in [0, 0.05) is 25.8 Å². The zero-order valence-electron chi connectivity index (χ0n) is 14.7. The van der Waals surface area contributed by atoms with Gasteiger partial charge in [0.2, 0.25) is 0 Å². The number of fused-ring (bicyclic) bond motifs is 1. The lowest BCUT2D eigenvalue weighted by molar-refractivity contribution is 0.0525. The Kier molecular flexibility index (Phi) is 5.03. The predicted octanol–water partition coefficient (Wildman–Crippen LogP) is 1.80. The maximum Gasteiger partial charge on any atom is 0.410 e. The molecule has 1 amide bonds. The molecular weight excluding hydrogens is 344 g/mol. The highest BCUT2D eigenvalue weighted by atomic mass is 32.2. The first-order valence-electron chi connectivity index (χ1n) is 8.32. The van der Waals surface area contributed by atoms with Gasteiger partial charge in [-0.1, -0.05) is 18.7 Å². The van der Waals surface area contributed by atoms with Crippen LogP contribution in [0.5, 0.6) is 0 Å². The highest BCUT2D eigenvalue weighted by Crippen LogP contribution is 2.34. The third-order valence-corrected chi connectivity index (χ3v) is 5.28. The number of thioether (sulfide) groups is 1. The number of nitrogens with zero attached hydrogens (tertiary/aromatic N) is 4. The van der Waals surface area contributed by atoms with Gasteiger partial charge < -0.3 is 14.4 Å². The van der Waals surface area contributed by atoms with Crippen molar-refractivity contribution in [1.29, 1.82) is 0 Å². The Morgan fingerprint density at radius 2 is 2.24 bits per heavy atom. The van der Waals surface area contributed by atoms with E-state index in [9.17, 15) is 9.59 Å². The van der Waals surface area contributed by atoms with Crippen LogP contribution in [0, 0.1) is 0 Å². The van der Waals surface area contributed by atoms with Gasteiger partial charge in [0.15, 0.2) is 5.16 Å². The normalized spacial score (nSPS) is 22.6. The number of hydrogen-bond donors (Lipinski definition) is 0. The molecule has 3 rings (SSSR count). The summed E-state index contributed by atoms with van der Waals surface area (Å²) in [6.07, 6.45) is 3.91. The van der Waals surface area contributed by atoms with E-state index in [1.807, 2.05) is 18.1 Å². The van der Waals surface area contributed by atoms with E-state index < -0.39 is 5.97 Å². The van der Waals surface area contributed by atoms with E-state index in [0.717, 1.165) is 6.42 Å². The highest BCUT2D eigenvalue weighted by Gasteiger charge is 2.50. The molecule has 8 nitrogen and oxygen atoms in total. The molecule has 0 bridgehead atoms. The van der Waals surface area contributed by atoms with Crippen LogP contribution in [0.25, 0.3) is 0 Å². The van der Waals surface area contributed by atoms with E-state index in [1.54, 1.807) is 11.8 Å². The van der Waals surface area contributed by atoms with E-state index in [-0.39, 0.29) is 18.2 Å². The zero-order valence-corrected chi connectivity index (χ0v) is 15.5. The number of esters is 1. The van der Waals surface area contributed by atoms with E-state index in [2.05, 4.69) is 9.97 Å². The van der Waals surface area contributed by atoms with E-state index in [1.165, 1.54) is 18.0 Å². The van der Waals surface area contributed by atoms with Crippen molar-refractivity contribution in [2.45, 2.75) is 31.0 Å². The van der Waals surface area contributed by atoms with Crippen LogP contribution in [0.4, 0.5) is 10.6 Å². The molecule has 0 saturated carbocycles. The quantitative estimate of drug-likeness (QED) is 0.443. The molecule has 2 fully saturated rings. The number of amides is 1. The van der Waals surface area contributed by atoms with Crippen LogP contribution in [0.15, 0.2) is 11.4 Å². The van der Waals surface area contributed by atoms with Crippen LogP contribution in [0.2, 0.25) is 0 Å². The van der Waals surface area contributed by atoms with Gasteiger partial charge in [-0.2, -0.15) is 0 Å². The Labute approximate surface area is 150 Å². The molecular formula is C16H22N4O4S. The van der Waals surface area contributed by atoms with Gasteiger partial charge in [-0.3, -0.25) is 4.90 Å². The SMILES string of the molecule is CCOC(=O)c1cnc(SC)nc1N1CCN2C(=O)OCC2(CC)C1. The van der Waals surface area contributed by atoms with Crippen molar-refractivity contribution in [1.82, 2.24) is 14.9 Å². The first kappa shape index (κ1) is 17.8. The summed E-state index contributed by atoms with van der Waals surface area (Å²) in [5.41, 5.74) is -0.0317. The minimum atomic E-state index is -0.433. The number of hydrogen-bond acceptors (Lipinski definition) is 8. The van der Waals surface area contributed by atoms with E-state index in [4.69, 9.17) is 9.47 Å². The number of aromatic nitrogens is 2. The molecule has 1 unspecified atom stereocenters. The molecule has 136 valence electrons. The number of ether oxygens (including phenoxy) is 2. The lowest BCUT2D eigenvalue weighted by Gasteiger charge is -2.44. The van der Waals surface area contributed by atoms with Gasteiger partial charge in [-0.15, -0.1) is 0 Å². The first-order chi connectivity index (χ1) is 12.0. The van der Waals surface area contributed by atoms with Crippen molar-refractivity contribution >= 4 is 29.6 Å². The molecule has 9 heteroatoms. The molecule has 2 aliphatic rings. The summed E-state index contributed by atoms with van der Waals surface area (Å²) in [6.45, 7) is 6.12. The summed E-state index contributed by atoms with van der Waals surface area (Å²) in [7, 11) is 0. The fourth-order valence-electron chi connectivity index (χ4n) is 3.30. The van der Waals surface area contributed by atoms with Crippen LogP contribution in [-0.4, -0.2) is 71.6 Å². The number of cyclic esters (lactones) is 1. The van der Waals surface area contributed by atoms with Gasteiger partial charge in [-0.25, -0.2) is 19.6 Å². The molecule has 0 spiro atoms. The molecule has 0 N–H and O–H groups in total. The van der Waals surface area contributed by atoms with Crippen LogP contribution in [-0.2, 0) is 9.47 Å². The summed E-state index contributed by atoms with van der Waals surface area (Å²) >= 11 is 1.42. The minimum absolute atomic E-state index is 0.264. The van der Waals surface area contributed by atoms with Crippen molar-refractivity contribution in [2.75, 3.05) is 44.0 Å². The Hall–Kier alpha value is -2.03. The van der Waals surface area contributed by atoms with Crippen molar-refractivity contribution < 1.29 is 19.1 Å². The summed E-state index contributed by atoms with van der Waals surface area (Å²) in [5.74, 6) is 0.126. The van der Waals surface area contributed by atoms with Crippen molar-refractivity contribution in [3.63, 3.8) is 0 Å². The lowest BCUT2D eigenvalue weighted by Crippen LogP contribution is -2.61. The molecule has 0 aromatic carbocycles. The van der Waals surface area contributed by atoms with Crippen LogP contribution in [0.1, 0.15) is 30.6 Å². The predicted molar refractivity (Wildman–Crippen MR) is 93.1 cm³/mol. The molecule has 0 aliphatic carbocycles. The number of carbonyl (C=O) groups excluding carboxylic acids is 2. The van der Waals surface area contributed by atoms with Gasteiger partial charge in [0.1, 0.15) is 18.0 Å². The molecule has 3 heterocycles. The smallest absolute Gasteiger partial charge is 0.410 e. The Morgan fingerprint density at radius 3 is 2.92 bits per heavy atom. The summed E-state index contributed by atoms with van der Waals surface area (Å²) in [6, 6.07) is 0. The standard InChI is InChI=1S/C16H22N4O4S/c1-4-16-9-19(6-7-20(16)15(22)24-10-16)12-11(13(21)23-5-2)8-17-14(18-12)25-3/h8H,4-7,9-10H2,1-3H3. The molecule has 1 aromatic rings. The van der Waals surface area contributed by atoms with Gasteiger partial charge >= 0.3 is 12.1 Å². The van der Waals surface area contributed by atoms with Crippen LogP contribution >= 0.6 is 11.8 Å². The zero-order chi connectivity index (χ0) is 18.0. The molecule has 1 atom stereocenters. The van der Waals surface area contributed by atoms with Gasteiger partial charge in [0.05, 0.1) is 12.1 Å². The van der Waals surface area contributed by atoms with E-state index >= 15 is 0 Å². The fourth-order valence-corrected chi connectivity index (χ4v) is 3.63. The highest BCUT2D eigenvalue weighted by molar-refractivity contribution is 7.98. The summed E-state index contributed by atoms with van der Waals surface area (Å²) in [5, 5.41) is 0.592. The van der Waals surface area contributed by atoms with Crippen molar-refractivity contribution in [3.05, 3.63) is 11.8 Å². The molecule has 2 saturated heterocycles. The first-order valence-corrected chi connectivity index (χ1v) is 9.54. The lowest BCUT2D eigenvalue weighted by atomic mass is 9.92. The monoisotopic (exact) mass is 366 g/mol. The Balaban J connectivity index is 1.95. The number of carbonyl (C=O) groups is 2. The molecule has 1 aromatic heterocycles. The van der Waals surface area contributed by atoms with Crippen LogP contribution < -0.4 is 4.90 Å². The topological polar surface area (TPSA) is 84.9 Å². The second kappa shape index (κ2) is 7.07.